The van der Waals surface area contributed by atoms with Gasteiger partial charge in [-0.25, -0.2) is 9.64 Å². The minimum absolute atomic E-state index is 0.00694. The minimum atomic E-state index is -4.73. The molecule has 1 unspecified atom stereocenters. The Morgan fingerprint density at radius 2 is 1.90 bits per heavy atom. The van der Waals surface area contributed by atoms with Crippen LogP contribution in [0.1, 0.15) is 18.1 Å². The van der Waals surface area contributed by atoms with Gasteiger partial charge in [-0.05, 0) is 38.1 Å². The van der Waals surface area contributed by atoms with E-state index in [1.54, 1.807) is 12.1 Å². The van der Waals surface area contributed by atoms with E-state index < -0.39 is 34.9 Å². The summed E-state index contributed by atoms with van der Waals surface area (Å²) in [5, 5.41) is 4.99. The van der Waals surface area contributed by atoms with E-state index in [0.717, 1.165) is 11.6 Å². The third kappa shape index (κ3) is 4.01. The number of carbonyl (C=O) groups is 2. The fourth-order valence-electron chi connectivity index (χ4n) is 3.00. The van der Waals surface area contributed by atoms with Gasteiger partial charge in [0.25, 0.3) is 5.91 Å². The Morgan fingerprint density at radius 3 is 2.48 bits per heavy atom. The van der Waals surface area contributed by atoms with Gasteiger partial charge >= 0.3 is 12.2 Å². The second kappa shape index (κ2) is 7.13. The molecule has 0 aliphatic carbocycles. The normalized spacial score (nSPS) is 18.9. The molecule has 0 aromatic heterocycles. The fourth-order valence-corrected chi connectivity index (χ4v) is 3.00. The molecule has 0 saturated carbocycles. The molecule has 150 valence electrons. The predicted octanol–water partition coefficient (Wildman–Crippen LogP) is 4.49. The van der Waals surface area contributed by atoms with Crippen molar-refractivity contribution in [2.45, 2.75) is 25.6 Å². The van der Waals surface area contributed by atoms with Crippen molar-refractivity contribution in [3.63, 3.8) is 0 Å². The van der Waals surface area contributed by atoms with Gasteiger partial charge in [-0.3, -0.25) is 9.69 Å². The highest BCUT2D eigenvalue weighted by Crippen LogP contribution is 2.38. The number of alkyl halides is 3. The number of amides is 3. The number of nitrogens with one attached hydrogen (secondary N) is 2. The number of nitrogens with zero attached hydrogens (tertiary/aromatic N) is 2. The van der Waals surface area contributed by atoms with E-state index in [1.807, 2.05) is 19.1 Å². The van der Waals surface area contributed by atoms with Crippen molar-refractivity contribution in [2.24, 2.45) is 0 Å². The maximum atomic E-state index is 13.1. The summed E-state index contributed by atoms with van der Waals surface area (Å²) < 4.78 is 39.4. The van der Waals surface area contributed by atoms with Crippen LogP contribution in [0.4, 0.5) is 35.0 Å². The molecule has 1 fully saturated rings. The van der Waals surface area contributed by atoms with Crippen LogP contribution < -0.4 is 15.5 Å². The Morgan fingerprint density at radius 1 is 1.24 bits per heavy atom. The number of carbonyl (C=O) groups excluding carboxylic acids is 2. The van der Waals surface area contributed by atoms with Gasteiger partial charge in [0.2, 0.25) is 0 Å². The molecular weight excluding hydrogens is 385 g/mol. The van der Waals surface area contributed by atoms with Gasteiger partial charge in [-0.2, -0.15) is 13.2 Å². The first-order chi connectivity index (χ1) is 13.5. The predicted molar refractivity (Wildman–Crippen MR) is 102 cm³/mol. The van der Waals surface area contributed by atoms with Crippen LogP contribution in [-0.4, -0.2) is 24.0 Å². The molecule has 1 saturated heterocycles. The number of hydrogen-bond acceptors (Lipinski definition) is 2. The largest absolute Gasteiger partial charge is 0.407 e. The number of anilines is 2. The average molecular weight is 402 g/mol. The van der Waals surface area contributed by atoms with Crippen LogP contribution in [0.25, 0.3) is 4.85 Å². The number of urea groups is 1. The lowest BCUT2D eigenvalue weighted by Crippen LogP contribution is -2.51. The molecule has 1 aliphatic rings. The van der Waals surface area contributed by atoms with Crippen molar-refractivity contribution in [3.05, 3.63) is 65.0 Å². The zero-order valence-electron chi connectivity index (χ0n) is 15.6. The summed E-state index contributed by atoms with van der Waals surface area (Å²) >= 11 is 0. The van der Waals surface area contributed by atoms with E-state index in [9.17, 15) is 22.8 Å². The summed E-state index contributed by atoms with van der Waals surface area (Å²) in [4.78, 5) is 29.3. The molecule has 1 atom stereocenters. The Balaban J connectivity index is 1.81. The first-order valence-corrected chi connectivity index (χ1v) is 8.60. The molecule has 3 rings (SSSR count). The molecule has 3 amide bonds. The average Bonchev–Trinajstić information content (AvgIpc) is 2.97. The van der Waals surface area contributed by atoms with Gasteiger partial charge in [0.05, 0.1) is 18.7 Å². The first-order valence-electron chi connectivity index (χ1n) is 8.60. The summed E-state index contributed by atoms with van der Waals surface area (Å²) in [5.74, 6) is -0.663. The van der Waals surface area contributed by atoms with Crippen molar-refractivity contribution >= 4 is 29.0 Å². The number of hydrogen-bond donors (Lipinski definition) is 2. The van der Waals surface area contributed by atoms with Crippen molar-refractivity contribution in [1.82, 2.24) is 5.32 Å². The third-order valence-corrected chi connectivity index (χ3v) is 4.63. The molecule has 1 aliphatic heterocycles. The van der Waals surface area contributed by atoms with E-state index in [-0.39, 0.29) is 12.2 Å². The first kappa shape index (κ1) is 20.2. The number of aryl methyl sites for hydroxylation is 1. The van der Waals surface area contributed by atoms with Crippen LogP contribution in [0, 0.1) is 13.5 Å². The standard InChI is InChI=1S/C20H17F3N4O2/c1-12-4-7-14(8-5-12)27-11-19(2,26-18(27)29)17(28)25-13-6-9-16(24-3)15(10-13)20(21,22)23/h4-10H,11H2,1-2H3,(H,25,28)(H,26,29). The van der Waals surface area contributed by atoms with Crippen molar-refractivity contribution in [3.8, 4) is 0 Å². The zero-order chi connectivity index (χ0) is 21.4. The van der Waals surface area contributed by atoms with Crippen LogP contribution in [0.15, 0.2) is 42.5 Å². The molecule has 29 heavy (non-hydrogen) atoms. The molecule has 1 heterocycles. The Bertz CT molecular complexity index is 1010. The lowest BCUT2D eigenvalue weighted by Gasteiger charge is -2.23. The van der Waals surface area contributed by atoms with Gasteiger partial charge in [0.1, 0.15) is 5.54 Å². The van der Waals surface area contributed by atoms with Gasteiger partial charge in [-0.15, -0.1) is 0 Å². The van der Waals surface area contributed by atoms with Crippen molar-refractivity contribution < 1.29 is 22.8 Å². The molecule has 2 N–H and O–H groups in total. The second-order valence-electron chi connectivity index (χ2n) is 6.98. The molecule has 6 nitrogen and oxygen atoms in total. The molecule has 2 aromatic carbocycles. The van der Waals surface area contributed by atoms with E-state index in [1.165, 1.54) is 17.9 Å². The highest BCUT2D eigenvalue weighted by atomic mass is 19.4. The van der Waals surface area contributed by atoms with Gasteiger partial charge < -0.3 is 10.6 Å². The fraction of sp³-hybridized carbons (Fsp3) is 0.250. The van der Waals surface area contributed by atoms with E-state index in [2.05, 4.69) is 15.5 Å². The van der Waals surface area contributed by atoms with Crippen LogP contribution in [0.5, 0.6) is 0 Å². The smallest absolute Gasteiger partial charge is 0.324 e. The van der Waals surface area contributed by atoms with Gasteiger partial charge in [0.15, 0.2) is 5.69 Å². The van der Waals surface area contributed by atoms with E-state index in [0.29, 0.717) is 11.8 Å². The number of benzene rings is 2. The Labute approximate surface area is 165 Å². The lowest BCUT2D eigenvalue weighted by atomic mass is 10.0. The SMILES string of the molecule is [C-]#[N+]c1ccc(NC(=O)C2(C)CN(c3ccc(C)cc3)C(=O)N2)cc1C(F)(F)F. The number of rotatable bonds is 3. The molecule has 0 bridgehead atoms. The van der Waals surface area contributed by atoms with E-state index in [4.69, 9.17) is 6.57 Å². The van der Waals surface area contributed by atoms with Gasteiger partial charge in [0, 0.05) is 11.4 Å². The number of halogens is 3. The Kier molecular flexibility index (Phi) is 4.96. The monoisotopic (exact) mass is 402 g/mol. The van der Waals surface area contributed by atoms with Crippen LogP contribution in [0.2, 0.25) is 0 Å². The molecule has 0 radical (unpaired) electrons. The highest BCUT2D eigenvalue weighted by Gasteiger charge is 2.45. The topological polar surface area (TPSA) is 65.8 Å². The van der Waals surface area contributed by atoms with Crippen LogP contribution in [0.3, 0.4) is 0 Å². The van der Waals surface area contributed by atoms with Crippen LogP contribution >= 0.6 is 0 Å². The summed E-state index contributed by atoms with van der Waals surface area (Å²) in [6, 6.07) is 9.60. The van der Waals surface area contributed by atoms with Crippen LogP contribution in [-0.2, 0) is 11.0 Å². The maximum absolute atomic E-state index is 13.1. The summed E-state index contributed by atoms with van der Waals surface area (Å²) in [6.07, 6.45) is -4.73. The van der Waals surface area contributed by atoms with Gasteiger partial charge in [-0.1, -0.05) is 23.8 Å². The Hall–Kier alpha value is -3.54. The second-order valence-corrected chi connectivity index (χ2v) is 6.98. The summed E-state index contributed by atoms with van der Waals surface area (Å²) in [5.41, 5.74) is -1.53. The molecule has 2 aromatic rings. The molecule has 9 heteroatoms. The molecule has 0 spiro atoms. The summed E-state index contributed by atoms with van der Waals surface area (Å²) in [6.45, 7) is 10.3. The van der Waals surface area contributed by atoms with E-state index >= 15 is 0 Å². The van der Waals surface area contributed by atoms with Crippen molar-refractivity contribution in [2.75, 3.05) is 16.8 Å². The molecular formula is C20H17F3N4O2. The quantitative estimate of drug-likeness (QED) is 0.743. The maximum Gasteiger partial charge on any atom is 0.407 e. The lowest BCUT2D eigenvalue weighted by molar-refractivity contribution is -0.136. The van der Waals surface area contributed by atoms with Crippen molar-refractivity contribution in [1.29, 1.82) is 0 Å². The third-order valence-electron chi connectivity index (χ3n) is 4.63. The highest BCUT2D eigenvalue weighted by molar-refractivity contribution is 6.07. The minimum Gasteiger partial charge on any atom is -0.324 e. The zero-order valence-corrected chi connectivity index (χ0v) is 15.6. The summed E-state index contributed by atoms with van der Waals surface area (Å²) in [7, 11) is 0.